The Morgan fingerprint density at radius 1 is 1.21 bits per heavy atom. The number of hydrogen-bond donors (Lipinski definition) is 2. The maximum atomic E-state index is 11.5. The molecule has 0 aliphatic carbocycles. The summed E-state index contributed by atoms with van der Waals surface area (Å²) in [6.07, 6.45) is 1.39. The molecular formula is C15H22O4. The summed E-state index contributed by atoms with van der Waals surface area (Å²) >= 11 is 0. The van der Waals surface area contributed by atoms with Gasteiger partial charge in [-0.05, 0) is 30.9 Å². The van der Waals surface area contributed by atoms with Gasteiger partial charge in [0, 0.05) is 19.6 Å². The van der Waals surface area contributed by atoms with Crippen LogP contribution in [0.3, 0.4) is 0 Å². The summed E-state index contributed by atoms with van der Waals surface area (Å²) in [6, 6.07) is 7.63. The number of carboxylic acids is 1. The van der Waals surface area contributed by atoms with E-state index < -0.39 is 11.6 Å². The normalized spacial score (nSPS) is 14.1. The van der Waals surface area contributed by atoms with Crippen molar-refractivity contribution in [1.29, 1.82) is 0 Å². The van der Waals surface area contributed by atoms with Crippen molar-refractivity contribution in [3.63, 3.8) is 0 Å². The molecule has 0 bridgehead atoms. The molecule has 0 saturated heterocycles. The highest BCUT2D eigenvalue weighted by atomic mass is 16.5. The predicted molar refractivity (Wildman–Crippen MR) is 73.2 cm³/mol. The molecule has 19 heavy (non-hydrogen) atoms. The van der Waals surface area contributed by atoms with Crippen molar-refractivity contribution in [3.8, 4) is 0 Å². The predicted octanol–water partition coefficient (Wildman–Crippen LogP) is 2.03. The third-order valence-electron chi connectivity index (χ3n) is 3.29. The standard InChI is InChI=1S/C15H22O4/c1-3-15(14(17)18,19-4-2)11-13-7-5-12(6-8-13)9-10-16/h5-8,16H,3-4,9-11H2,1-2H3,(H,17,18)/t15-/m0/s1. The molecule has 1 aromatic rings. The number of aliphatic hydroxyl groups excluding tert-OH is 1. The van der Waals surface area contributed by atoms with E-state index in [9.17, 15) is 9.90 Å². The molecule has 0 aromatic heterocycles. The lowest BCUT2D eigenvalue weighted by Gasteiger charge is -2.28. The molecule has 1 rings (SSSR count). The van der Waals surface area contributed by atoms with Crippen LogP contribution < -0.4 is 0 Å². The maximum absolute atomic E-state index is 11.5. The van der Waals surface area contributed by atoms with Crippen molar-refractivity contribution in [3.05, 3.63) is 35.4 Å². The first-order chi connectivity index (χ1) is 9.07. The Labute approximate surface area is 114 Å². The minimum atomic E-state index is -1.15. The van der Waals surface area contributed by atoms with Gasteiger partial charge in [-0.15, -0.1) is 0 Å². The van der Waals surface area contributed by atoms with E-state index in [4.69, 9.17) is 9.84 Å². The first-order valence-corrected chi connectivity index (χ1v) is 6.64. The highest BCUT2D eigenvalue weighted by Crippen LogP contribution is 2.23. The molecule has 0 heterocycles. The molecule has 0 unspecified atom stereocenters. The van der Waals surface area contributed by atoms with Crippen molar-refractivity contribution in [2.24, 2.45) is 0 Å². The minimum Gasteiger partial charge on any atom is -0.479 e. The van der Waals surface area contributed by atoms with Gasteiger partial charge in [0.2, 0.25) is 0 Å². The zero-order valence-electron chi connectivity index (χ0n) is 11.6. The number of carboxylic acid groups (broad SMARTS) is 1. The highest BCUT2D eigenvalue weighted by molar-refractivity contribution is 5.78. The fraction of sp³-hybridized carbons (Fsp3) is 0.533. The maximum Gasteiger partial charge on any atom is 0.336 e. The monoisotopic (exact) mass is 266 g/mol. The SMILES string of the molecule is CCO[C@@](CC)(Cc1ccc(CCO)cc1)C(=O)O. The van der Waals surface area contributed by atoms with Crippen molar-refractivity contribution in [2.75, 3.05) is 13.2 Å². The molecular weight excluding hydrogens is 244 g/mol. The summed E-state index contributed by atoms with van der Waals surface area (Å²) in [5.41, 5.74) is 0.826. The third kappa shape index (κ3) is 4.04. The largest absolute Gasteiger partial charge is 0.479 e. The molecule has 0 radical (unpaired) electrons. The van der Waals surface area contributed by atoms with Gasteiger partial charge in [0.15, 0.2) is 5.60 Å². The zero-order valence-corrected chi connectivity index (χ0v) is 11.6. The van der Waals surface area contributed by atoms with Gasteiger partial charge in [-0.2, -0.15) is 0 Å². The van der Waals surface area contributed by atoms with Crippen molar-refractivity contribution < 1.29 is 19.7 Å². The van der Waals surface area contributed by atoms with Gasteiger partial charge in [-0.25, -0.2) is 4.79 Å². The quantitative estimate of drug-likeness (QED) is 0.755. The van der Waals surface area contributed by atoms with E-state index in [-0.39, 0.29) is 6.61 Å². The summed E-state index contributed by atoms with van der Waals surface area (Å²) < 4.78 is 5.48. The van der Waals surface area contributed by atoms with Gasteiger partial charge in [-0.1, -0.05) is 31.2 Å². The van der Waals surface area contributed by atoms with Crippen LogP contribution in [0.2, 0.25) is 0 Å². The smallest absolute Gasteiger partial charge is 0.336 e. The number of hydrogen-bond acceptors (Lipinski definition) is 3. The molecule has 1 aromatic carbocycles. The summed E-state index contributed by atoms with van der Waals surface area (Å²) in [4.78, 5) is 11.5. The highest BCUT2D eigenvalue weighted by Gasteiger charge is 2.37. The molecule has 0 saturated carbocycles. The third-order valence-corrected chi connectivity index (χ3v) is 3.29. The molecule has 2 N–H and O–H groups in total. The molecule has 4 nitrogen and oxygen atoms in total. The molecule has 0 aliphatic rings. The number of rotatable bonds is 8. The Kier molecular flexibility index (Phi) is 5.99. The van der Waals surface area contributed by atoms with Crippen LogP contribution in [0, 0.1) is 0 Å². The summed E-state index contributed by atoms with van der Waals surface area (Å²) in [6.45, 7) is 4.12. The van der Waals surface area contributed by atoms with Gasteiger partial charge < -0.3 is 14.9 Å². The summed E-state index contributed by atoms with van der Waals surface area (Å²) in [7, 11) is 0. The van der Waals surface area contributed by atoms with Gasteiger partial charge in [0.1, 0.15) is 0 Å². The topological polar surface area (TPSA) is 66.8 Å². The summed E-state index contributed by atoms with van der Waals surface area (Å²) in [5, 5.41) is 18.3. The van der Waals surface area contributed by atoms with Crippen LogP contribution >= 0.6 is 0 Å². The van der Waals surface area contributed by atoms with Crippen molar-refractivity contribution in [2.45, 2.75) is 38.7 Å². The second-order valence-corrected chi connectivity index (χ2v) is 4.55. The van der Waals surface area contributed by atoms with Crippen LogP contribution in [0.5, 0.6) is 0 Å². The fourth-order valence-corrected chi connectivity index (χ4v) is 2.13. The molecule has 4 heteroatoms. The lowest BCUT2D eigenvalue weighted by atomic mass is 9.91. The van der Waals surface area contributed by atoms with Gasteiger partial charge >= 0.3 is 5.97 Å². The Bertz CT molecular complexity index is 399. The van der Waals surface area contributed by atoms with Gasteiger partial charge in [0.05, 0.1) is 0 Å². The average molecular weight is 266 g/mol. The van der Waals surface area contributed by atoms with E-state index in [1.54, 1.807) is 6.92 Å². The number of aliphatic hydroxyl groups is 1. The van der Waals surface area contributed by atoms with Crippen LogP contribution in [0.4, 0.5) is 0 Å². The zero-order chi connectivity index (χ0) is 14.3. The molecule has 0 spiro atoms. The lowest BCUT2D eigenvalue weighted by molar-refractivity contribution is -0.166. The first kappa shape index (κ1) is 15.7. The Balaban J connectivity index is 2.87. The number of ether oxygens (including phenoxy) is 1. The van der Waals surface area contributed by atoms with Crippen LogP contribution in [-0.4, -0.2) is 35.0 Å². The first-order valence-electron chi connectivity index (χ1n) is 6.64. The lowest BCUT2D eigenvalue weighted by Crippen LogP contribution is -2.43. The summed E-state index contributed by atoms with van der Waals surface area (Å²) in [5.74, 6) is -0.920. The van der Waals surface area contributed by atoms with Gasteiger partial charge in [-0.3, -0.25) is 0 Å². The molecule has 1 atom stereocenters. The van der Waals surface area contributed by atoms with E-state index in [1.807, 2.05) is 31.2 Å². The van der Waals surface area contributed by atoms with Crippen LogP contribution in [0.1, 0.15) is 31.4 Å². The van der Waals surface area contributed by atoms with E-state index >= 15 is 0 Å². The van der Waals surface area contributed by atoms with E-state index in [0.717, 1.165) is 11.1 Å². The van der Waals surface area contributed by atoms with Crippen LogP contribution in [-0.2, 0) is 22.4 Å². The van der Waals surface area contributed by atoms with Crippen molar-refractivity contribution >= 4 is 5.97 Å². The average Bonchev–Trinajstić information content (AvgIpc) is 2.40. The number of aliphatic carboxylic acids is 1. The second-order valence-electron chi connectivity index (χ2n) is 4.55. The molecule has 0 amide bonds. The van der Waals surface area contributed by atoms with Crippen molar-refractivity contribution in [1.82, 2.24) is 0 Å². The van der Waals surface area contributed by atoms with E-state index in [0.29, 0.717) is 25.9 Å². The Hall–Kier alpha value is -1.39. The van der Waals surface area contributed by atoms with E-state index in [2.05, 4.69) is 0 Å². The molecule has 0 fully saturated rings. The Morgan fingerprint density at radius 2 is 1.79 bits per heavy atom. The number of benzene rings is 1. The van der Waals surface area contributed by atoms with E-state index in [1.165, 1.54) is 0 Å². The minimum absolute atomic E-state index is 0.117. The van der Waals surface area contributed by atoms with Gasteiger partial charge in [0.25, 0.3) is 0 Å². The Morgan fingerprint density at radius 3 is 2.21 bits per heavy atom. The molecule has 0 aliphatic heterocycles. The van der Waals surface area contributed by atoms with Crippen LogP contribution in [0.15, 0.2) is 24.3 Å². The van der Waals surface area contributed by atoms with Crippen LogP contribution in [0.25, 0.3) is 0 Å². The molecule has 106 valence electrons. The fourth-order valence-electron chi connectivity index (χ4n) is 2.13. The number of carbonyl (C=O) groups is 1. The second kappa shape index (κ2) is 7.26.